The number of hydrogen-bond donors (Lipinski definition) is 4. The summed E-state index contributed by atoms with van der Waals surface area (Å²) < 4.78 is 0. The number of amides is 2. The van der Waals surface area contributed by atoms with Gasteiger partial charge in [0.05, 0.1) is 5.92 Å². The van der Waals surface area contributed by atoms with Gasteiger partial charge in [0.25, 0.3) is 0 Å². The second-order valence-corrected chi connectivity index (χ2v) is 5.05. The molecule has 2 amide bonds. The molecule has 1 unspecified atom stereocenters. The van der Waals surface area contributed by atoms with Crippen LogP contribution in [0.25, 0.3) is 0 Å². The molecule has 0 aromatic carbocycles. The fourth-order valence-electron chi connectivity index (χ4n) is 1.48. The second-order valence-electron chi connectivity index (χ2n) is 5.05. The van der Waals surface area contributed by atoms with Gasteiger partial charge in [-0.1, -0.05) is 20.8 Å². The Hall–Kier alpha value is -1.79. The monoisotopic (exact) mass is 260 g/mol. The van der Waals surface area contributed by atoms with Gasteiger partial charge in [0.1, 0.15) is 6.54 Å². The molecule has 0 aromatic rings. The Balaban J connectivity index is 4.05. The van der Waals surface area contributed by atoms with Crippen LogP contribution in [0.2, 0.25) is 0 Å². The lowest BCUT2D eigenvalue weighted by molar-refractivity contribution is -0.145. The van der Waals surface area contributed by atoms with Crippen LogP contribution in [0.5, 0.6) is 0 Å². The highest BCUT2D eigenvalue weighted by Gasteiger charge is 2.30. The SMILES string of the molecule is CC(C)(C)C(CCNC(=O)NCC(=O)O)C(=O)O. The lowest BCUT2D eigenvalue weighted by Crippen LogP contribution is -2.40. The van der Waals surface area contributed by atoms with Gasteiger partial charge < -0.3 is 20.8 Å². The molecule has 7 heteroatoms. The molecule has 0 spiro atoms. The van der Waals surface area contributed by atoms with Crippen molar-refractivity contribution in [3.8, 4) is 0 Å². The zero-order chi connectivity index (χ0) is 14.3. The van der Waals surface area contributed by atoms with Crippen molar-refractivity contribution >= 4 is 18.0 Å². The first-order valence-corrected chi connectivity index (χ1v) is 5.61. The Morgan fingerprint density at radius 3 is 2.06 bits per heavy atom. The topological polar surface area (TPSA) is 116 Å². The maximum atomic E-state index is 11.1. The summed E-state index contributed by atoms with van der Waals surface area (Å²) in [4.78, 5) is 32.3. The van der Waals surface area contributed by atoms with E-state index in [1.807, 2.05) is 20.8 Å². The van der Waals surface area contributed by atoms with E-state index in [1.54, 1.807) is 0 Å². The smallest absolute Gasteiger partial charge is 0.323 e. The van der Waals surface area contributed by atoms with Gasteiger partial charge in [0, 0.05) is 6.54 Å². The van der Waals surface area contributed by atoms with E-state index in [4.69, 9.17) is 10.2 Å². The van der Waals surface area contributed by atoms with Crippen molar-refractivity contribution in [2.45, 2.75) is 27.2 Å². The molecule has 0 bridgehead atoms. The maximum absolute atomic E-state index is 11.1. The van der Waals surface area contributed by atoms with Crippen LogP contribution < -0.4 is 10.6 Å². The quantitative estimate of drug-likeness (QED) is 0.555. The summed E-state index contributed by atoms with van der Waals surface area (Å²) in [5.74, 6) is -2.62. The molecule has 104 valence electrons. The number of nitrogens with one attached hydrogen (secondary N) is 2. The molecule has 1 atom stereocenters. The lowest BCUT2D eigenvalue weighted by atomic mass is 9.79. The van der Waals surface area contributed by atoms with E-state index in [0.717, 1.165) is 0 Å². The summed E-state index contributed by atoms with van der Waals surface area (Å²) in [6.07, 6.45) is 0.291. The number of hydrogen-bond acceptors (Lipinski definition) is 3. The van der Waals surface area contributed by atoms with Gasteiger partial charge >= 0.3 is 18.0 Å². The highest BCUT2D eigenvalue weighted by Crippen LogP contribution is 2.28. The lowest BCUT2D eigenvalue weighted by Gasteiger charge is -2.27. The van der Waals surface area contributed by atoms with E-state index in [1.165, 1.54) is 0 Å². The van der Waals surface area contributed by atoms with Gasteiger partial charge in [-0.25, -0.2) is 4.79 Å². The number of rotatable bonds is 6. The van der Waals surface area contributed by atoms with Crippen molar-refractivity contribution in [1.29, 1.82) is 0 Å². The van der Waals surface area contributed by atoms with Gasteiger partial charge in [0.15, 0.2) is 0 Å². The molecule has 0 radical (unpaired) electrons. The Morgan fingerprint density at radius 2 is 1.67 bits per heavy atom. The summed E-state index contributed by atoms with van der Waals surface area (Å²) in [5, 5.41) is 21.9. The molecular weight excluding hydrogens is 240 g/mol. The first-order valence-electron chi connectivity index (χ1n) is 5.61. The molecule has 0 rings (SSSR count). The second kappa shape index (κ2) is 6.83. The van der Waals surface area contributed by atoms with Gasteiger partial charge in [0.2, 0.25) is 0 Å². The zero-order valence-corrected chi connectivity index (χ0v) is 10.8. The van der Waals surface area contributed by atoms with E-state index in [2.05, 4.69) is 10.6 Å². The van der Waals surface area contributed by atoms with Crippen LogP contribution in [-0.2, 0) is 9.59 Å². The third-order valence-corrected chi connectivity index (χ3v) is 2.46. The van der Waals surface area contributed by atoms with Gasteiger partial charge in [-0.05, 0) is 11.8 Å². The first-order chi connectivity index (χ1) is 8.14. The van der Waals surface area contributed by atoms with E-state index in [9.17, 15) is 14.4 Å². The molecule has 0 aliphatic heterocycles. The molecule has 18 heavy (non-hydrogen) atoms. The summed E-state index contributed by atoms with van der Waals surface area (Å²) >= 11 is 0. The minimum absolute atomic E-state index is 0.180. The standard InChI is InChI=1S/C11H20N2O5/c1-11(2,3)7(9(16)17)4-5-12-10(18)13-6-8(14)15/h7H,4-6H2,1-3H3,(H,14,15)(H,16,17)(H2,12,13,18). The average molecular weight is 260 g/mol. The Bertz CT molecular complexity index is 322. The predicted molar refractivity (Wildman–Crippen MR) is 64.2 cm³/mol. The Labute approximate surface area is 106 Å². The van der Waals surface area contributed by atoms with Crippen molar-refractivity contribution in [2.24, 2.45) is 11.3 Å². The first kappa shape index (κ1) is 16.2. The van der Waals surface area contributed by atoms with Crippen LogP contribution in [0.1, 0.15) is 27.2 Å². The number of carboxylic acids is 2. The molecule has 0 aromatic heterocycles. The van der Waals surface area contributed by atoms with E-state index >= 15 is 0 Å². The Kier molecular flexibility index (Phi) is 6.15. The summed E-state index contributed by atoms with van der Waals surface area (Å²) in [6.45, 7) is 5.16. The predicted octanol–water partition coefficient (Wildman–Crippen LogP) is 0.507. The fraction of sp³-hybridized carbons (Fsp3) is 0.727. The highest BCUT2D eigenvalue weighted by atomic mass is 16.4. The van der Waals surface area contributed by atoms with Gasteiger partial charge in [-0.2, -0.15) is 0 Å². The number of carboxylic acid groups (broad SMARTS) is 2. The molecule has 0 heterocycles. The van der Waals surface area contributed by atoms with Crippen molar-refractivity contribution < 1.29 is 24.6 Å². The Morgan fingerprint density at radius 1 is 1.11 bits per heavy atom. The van der Waals surface area contributed by atoms with Crippen molar-refractivity contribution in [1.82, 2.24) is 10.6 Å². The molecule has 0 saturated carbocycles. The number of carbonyl (C=O) groups excluding carboxylic acids is 1. The average Bonchev–Trinajstić information content (AvgIpc) is 2.18. The van der Waals surface area contributed by atoms with Crippen LogP contribution in [0.4, 0.5) is 4.79 Å². The van der Waals surface area contributed by atoms with Crippen molar-refractivity contribution in [2.75, 3.05) is 13.1 Å². The fourth-order valence-corrected chi connectivity index (χ4v) is 1.48. The van der Waals surface area contributed by atoms with Gasteiger partial charge in [-0.15, -0.1) is 0 Å². The minimum atomic E-state index is -1.14. The number of carbonyl (C=O) groups is 3. The minimum Gasteiger partial charge on any atom is -0.481 e. The van der Waals surface area contributed by atoms with Crippen LogP contribution in [0.3, 0.4) is 0 Å². The summed E-state index contributed by atoms with van der Waals surface area (Å²) in [7, 11) is 0. The maximum Gasteiger partial charge on any atom is 0.323 e. The van der Waals surface area contributed by atoms with Crippen molar-refractivity contribution in [3.05, 3.63) is 0 Å². The number of urea groups is 1. The molecule has 0 fully saturated rings. The molecule has 0 aliphatic rings. The highest BCUT2D eigenvalue weighted by molar-refractivity contribution is 5.79. The van der Waals surface area contributed by atoms with E-state index in [-0.39, 0.29) is 6.54 Å². The molecule has 7 nitrogen and oxygen atoms in total. The molecular formula is C11H20N2O5. The van der Waals surface area contributed by atoms with Crippen LogP contribution in [0.15, 0.2) is 0 Å². The zero-order valence-electron chi connectivity index (χ0n) is 10.8. The number of aliphatic carboxylic acids is 2. The molecule has 0 aliphatic carbocycles. The summed E-state index contributed by atoms with van der Waals surface area (Å²) in [6, 6.07) is -0.615. The largest absolute Gasteiger partial charge is 0.481 e. The third-order valence-electron chi connectivity index (χ3n) is 2.46. The van der Waals surface area contributed by atoms with E-state index in [0.29, 0.717) is 6.42 Å². The summed E-state index contributed by atoms with van der Waals surface area (Å²) in [5.41, 5.74) is -0.398. The third kappa shape index (κ3) is 6.72. The molecule has 4 N–H and O–H groups in total. The van der Waals surface area contributed by atoms with Crippen molar-refractivity contribution in [3.63, 3.8) is 0 Å². The normalized spacial score (nSPS) is 12.6. The van der Waals surface area contributed by atoms with Crippen LogP contribution in [0, 0.1) is 11.3 Å². The van der Waals surface area contributed by atoms with Crippen LogP contribution >= 0.6 is 0 Å². The van der Waals surface area contributed by atoms with Gasteiger partial charge in [-0.3, -0.25) is 9.59 Å². The molecule has 0 saturated heterocycles. The van der Waals surface area contributed by atoms with Crippen LogP contribution in [-0.4, -0.2) is 41.3 Å². The van der Waals surface area contributed by atoms with E-state index < -0.39 is 35.8 Å².